The van der Waals surface area contributed by atoms with Gasteiger partial charge in [0.1, 0.15) is 0 Å². The predicted molar refractivity (Wildman–Crippen MR) is 78.5 cm³/mol. The van der Waals surface area contributed by atoms with Gasteiger partial charge in [-0.3, -0.25) is 0 Å². The second-order valence-corrected chi connectivity index (χ2v) is 7.04. The van der Waals surface area contributed by atoms with Gasteiger partial charge in [-0.2, -0.15) is 0 Å². The second-order valence-electron chi connectivity index (χ2n) is 5.96. The molecule has 1 aliphatic heterocycles. The Morgan fingerprint density at radius 2 is 1.61 bits per heavy atom. The highest BCUT2D eigenvalue weighted by molar-refractivity contribution is 7.99. The summed E-state index contributed by atoms with van der Waals surface area (Å²) in [4.78, 5) is 2.83. The smallest absolute Gasteiger partial charge is 0.0158 e. The fourth-order valence-electron chi connectivity index (χ4n) is 2.36. The quantitative estimate of drug-likeness (QED) is 0.541. The lowest BCUT2D eigenvalue weighted by atomic mass is 9.85. The van der Waals surface area contributed by atoms with E-state index in [4.69, 9.17) is 0 Å². The van der Waals surface area contributed by atoms with Crippen LogP contribution in [0.4, 0.5) is 0 Å². The Kier molecular flexibility index (Phi) is 2.74. The molecule has 0 spiro atoms. The Morgan fingerprint density at radius 1 is 0.889 bits per heavy atom. The molecule has 2 aromatic rings. The number of rotatable bonds is 0. The van der Waals surface area contributed by atoms with Crippen LogP contribution >= 0.6 is 11.8 Å². The summed E-state index contributed by atoms with van der Waals surface area (Å²) >= 11 is 1.90. The molecule has 0 atom stereocenters. The van der Waals surface area contributed by atoms with E-state index in [0.717, 1.165) is 6.42 Å². The lowest BCUT2D eigenvalue weighted by Crippen LogP contribution is -2.12. The van der Waals surface area contributed by atoms with Gasteiger partial charge < -0.3 is 0 Å². The SMILES string of the molecule is CC(C)(C)c1ccc2c(c1)Cc1ccccc1S2. The fourth-order valence-corrected chi connectivity index (χ4v) is 3.41. The molecular weight excluding hydrogens is 236 g/mol. The average Bonchev–Trinajstić information content (AvgIpc) is 2.34. The van der Waals surface area contributed by atoms with Crippen LogP contribution in [0.3, 0.4) is 0 Å². The van der Waals surface area contributed by atoms with Crippen molar-refractivity contribution in [3.8, 4) is 0 Å². The summed E-state index contributed by atoms with van der Waals surface area (Å²) in [7, 11) is 0. The maximum Gasteiger partial charge on any atom is 0.0158 e. The molecule has 1 heteroatoms. The molecule has 0 nitrogen and oxygen atoms in total. The van der Waals surface area contributed by atoms with Crippen LogP contribution < -0.4 is 0 Å². The number of hydrogen-bond acceptors (Lipinski definition) is 1. The number of hydrogen-bond donors (Lipinski definition) is 0. The first-order valence-electron chi connectivity index (χ1n) is 6.43. The number of fused-ring (bicyclic) bond motifs is 2. The zero-order chi connectivity index (χ0) is 12.8. The second kappa shape index (κ2) is 4.17. The van der Waals surface area contributed by atoms with E-state index >= 15 is 0 Å². The van der Waals surface area contributed by atoms with E-state index in [1.807, 2.05) is 11.8 Å². The maximum absolute atomic E-state index is 2.39. The molecular formula is C17H18S. The molecule has 3 rings (SSSR count). The van der Waals surface area contributed by atoms with Crippen molar-refractivity contribution in [3.63, 3.8) is 0 Å². The van der Waals surface area contributed by atoms with Crippen molar-refractivity contribution in [2.24, 2.45) is 0 Å². The van der Waals surface area contributed by atoms with E-state index in [1.54, 1.807) is 0 Å². The van der Waals surface area contributed by atoms with E-state index in [-0.39, 0.29) is 5.41 Å². The average molecular weight is 254 g/mol. The molecule has 0 unspecified atom stereocenters. The molecule has 0 saturated heterocycles. The molecule has 0 aliphatic carbocycles. The summed E-state index contributed by atoms with van der Waals surface area (Å²) in [6, 6.07) is 15.7. The largest absolute Gasteiger partial charge is 0.0895 e. The van der Waals surface area contributed by atoms with Crippen LogP contribution in [0.2, 0.25) is 0 Å². The third-order valence-corrected chi connectivity index (χ3v) is 4.74. The summed E-state index contributed by atoms with van der Waals surface area (Å²) in [6.07, 6.45) is 1.07. The van der Waals surface area contributed by atoms with Gasteiger partial charge in [-0.25, -0.2) is 0 Å². The highest BCUT2D eigenvalue weighted by Gasteiger charge is 2.19. The zero-order valence-electron chi connectivity index (χ0n) is 11.2. The Morgan fingerprint density at radius 3 is 2.39 bits per heavy atom. The van der Waals surface area contributed by atoms with Crippen molar-refractivity contribution in [3.05, 3.63) is 59.2 Å². The Bertz CT molecular complexity index is 591. The van der Waals surface area contributed by atoms with Gasteiger partial charge in [0.2, 0.25) is 0 Å². The van der Waals surface area contributed by atoms with Crippen LogP contribution in [-0.4, -0.2) is 0 Å². The summed E-state index contributed by atoms with van der Waals surface area (Å²) in [5, 5.41) is 0. The molecule has 0 amide bonds. The minimum absolute atomic E-state index is 0.233. The zero-order valence-corrected chi connectivity index (χ0v) is 12.0. The summed E-state index contributed by atoms with van der Waals surface area (Å²) in [5.74, 6) is 0. The van der Waals surface area contributed by atoms with Crippen molar-refractivity contribution < 1.29 is 0 Å². The van der Waals surface area contributed by atoms with Crippen LogP contribution in [-0.2, 0) is 11.8 Å². The van der Waals surface area contributed by atoms with Gasteiger partial charge in [-0.05, 0) is 40.7 Å². The monoisotopic (exact) mass is 254 g/mol. The normalized spacial score (nSPS) is 13.9. The molecule has 92 valence electrons. The van der Waals surface area contributed by atoms with Gasteiger partial charge in [0.25, 0.3) is 0 Å². The molecule has 0 N–H and O–H groups in total. The Labute approximate surface area is 113 Å². The first-order chi connectivity index (χ1) is 8.54. The van der Waals surface area contributed by atoms with Gasteiger partial charge >= 0.3 is 0 Å². The van der Waals surface area contributed by atoms with Crippen LogP contribution in [0.15, 0.2) is 52.3 Å². The molecule has 1 heterocycles. The fraction of sp³-hybridized carbons (Fsp3) is 0.294. The predicted octanol–water partition coefficient (Wildman–Crippen LogP) is 5.04. The lowest BCUT2D eigenvalue weighted by Gasteiger charge is -2.24. The van der Waals surface area contributed by atoms with E-state index in [2.05, 4.69) is 63.2 Å². The summed E-state index contributed by atoms with van der Waals surface area (Å²) in [6.45, 7) is 6.83. The minimum Gasteiger partial charge on any atom is -0.0895 e. The van der Waals surface area contributed by atoms with E-state index in [9.17, 15) is 0 Å². The molecule has 0 aromatic heterocycles. The first kappa shape index (κ1) is 11.9. The molecule has 18 heavy (non-hydrogen) atoms. The molecule has 0 radical (unpaired) electrons. The first-order valence-corrected chi connectivity index (χ1v) is 7.25. The van der Waals surface area contributed by atoms with Gasteiger partial charge in [0.05, 0.1) is 0 Å². The van der Waals surface area contributed by atoms with E-state index < -0.39 is 0 Å². The lowest BCUT2D eigenvalue weighted by molar-refractivity contribution is 0.588. The van der Waals surface area contributed by atoms with Crippen molar-refractivity contribution in [1.82, 2.24) is 0 Å². The van der Waals surface area contributed by atoms with Crippen molar-refractivity contribution in [2.75, 3.05) is 0 Å². The minimum atomic E-state index is 0.233. The van der Waals surface area contributed by atoms with Gasteiger partial charge in [0.15, 0.2) is 0 Å². The highest BCUT2D eigenvalue weighted by atomic mass is 32.2. The molecule has 2 aromatic carbocycles. The molecule has 0 saturated carbocycles. The van der Waals surface area contributed by atoms with Crippen LogP contribution in [0.25, 0.3) is 0 Å². The topological polar surface area (TPSA) is 0 Å². The van der Waals surface area contributed by atoms with E-state index in [1.165, 1.54) is 26.5 Å². The molecule has 0 bridgehead atoms. The Hall–Kier alpha value is -1.21. The summed E-state index contributed by atoms with van der Waals surface area (Å²) < 4.78 is 0. The molecule has 1 aliphatic rings. The number of benzene rings is 2. The third kappa shape index (κ3) is 2.08. The van der Waals surface area contributed by atoms with Crippen LogP contribution in [0, 0.1) is 0 Å². The highest BCUT2D eigenvalue weighted by Crippen LogP contribution is 2.40. The standard InChI is InChI=1S/C17H18S/c1-17(2,3)14-8-9-16-13(11-14)10-12-6-4-5-7-15(12)18-16/h4-9,11H,10H2,1-3H3. The van der Waals surface area contributed by atoms with Gasteiger partial charge in [0, 0.05) is 9.79 Å². The summed E-state index contributed by atoms with van der Waals surface area (Å²) in [5.41, 5.74) is 4.60. The van der Waals surface area contributed by atoms with Crippen molar-refractivity contribution in [2.45, 2.75) is 42.4 Å². The third-order valence-electron chi connectivity index (χ3n) is 3.50. The Balaban J connectivity index is 2.04. The van der Waals surface area contributed by atoms with Gasteiger partial charge in [-0.1, -0.05) is 62.9 Å². The van der Waals surface area contributed by atoms with E-state index in [0.29, 0.717) is 0 Å². The maximum atomic E-state index is 2.39. The van der Waals surface area contributed by atoms with Crippen molar-refractivity contribution in [1.29, 1.82) is 0 Å². The van der Waals surface area contributed by atoms with Crippen LogP contribution in [0.5, 0.6) is 0 Å². The van der Waals surface area contributed by atoms with Gasteiger partial charge in [-0.15, -0.1) is 0 Å². The van der Waals surface area contributed by atoms with Crippen molar-refractivity contribution >= 4 is 11.8 Å². The molecule has 0 fully saturated rings. The van der Waals surface area contributed by atoms with Crippen LogP contribution in [0.1, 0.15) is 37.5 Å².